The Bertz CT molecular complexity index is 197. The molecule has 0 unspecified atom stereocenters. The summed E-state index contributed by atoms with van der Waals surface area (Å²) in [6, 6.07) is 0. The molecule has 0 aliphatic heterocycles. The lowest BCUT2D eigenvalue weighted by Crippen LogP contribution is -2.02. The molecule has 100 valence electrons. The average molecular weight is 240 g/mol. The smallest absolute Gasteiger partial charge is 0.330 e. The van der Waals surface area contributed by atoms with Crippen LogP contribution in [-0.4, -0.2) is 12.6 Å². The van der Waals surface area contributed by atoms with E-state index in [1.54, 1.807) is 6.08 Å². The maximum Gasteiger partial charge on any atom is 0.330 e. The SMILES string of the molecule is CCCCCCC=CC(=O)OCCCCCC. The van der Waals surface area contributed by atoms with Gasteiger partial charge < -0.3 is 4.74 Å². The topological polar surface area (TPSA) is 26.3 Å². The van der Waals surface area contributed by atoms with Crippen molar-refractivity contribution < 1.29 is 9.53 Å². The quantitative estimate of drug-likeness (QED) is 0.299. The molecule has 0 amide bonds. The molecule has 0 aliphatic rings. The van der Waals surface area contributed by atoms with Crippen LogP contribution in [0.15, 0.2) is 12.2 Å². The van der Waals surface area contributed by atoms with Gasteiger partial charge in [-0.2, -0.15) is 0 Å². The number of hydrogen-bond donors (Lipinski definition) is 0. The third-order valence-corrected chi connectivity index (χ3v) is 2.72. The predicted octanol–water partition coefficient (Wildman–Crippen LogP) is 4.64. The maximum absolute atomic E-state index is 11.3. The first kappa shape index (κ1) is 16.2. The van der Waals surface area contributed by atoms with Gasteiger partial charge in [-0.15, -0.1) is 0 Å². The molecular formula is C15H28O2. The van der Waals surface area contributed by atoms with Crippen LogP contribution < -0.4 is 0 Å². The number of carbonyl (C=O) groups is 1. The number of hydrogen-bond acceptors (Lipinski definition) is 2. The van der Waals surface area contributed by atoms with Crippen molar-refractivity contribution >= 4 is 5.97 Å². The molecule has 0 rings (SSSR count). The fourth-order valence-corrected chi connectivity index (χ4v) is 1.62. The second kappa shape index (κ2) is 13.3. The van der Waals surface area contributed by atoms with Gasteiger partial charge in [-0.3, -0.25) is 0 Å². The van der Waals surface area contributed by atoms with Gasteiger partial charge >= 0.3 is 5.97 Å². The average Bonchev–Trinajstić information content (AvgIpc) is 2.33. The van der Waals surface area contributed by atoms with E-state index in [1.165, 1.54) is 38.5 Å². The summed E-state index contributed by atoms with van der Waals surface area (Å²) in [5.41, 5.74) is 0. The minimum absolute atomic E-state index is 0.183. The molecule has 17 heavy (non-hydrogen) atoms. The fourth-order valence-electron chi connectivity index (χ4n) is 1.62. The zero-order chi connectivity index (χ0) is 12.8. The normalized spacial score (nSPS) is 10.9. The van der Waals surface area contributed by atoms with Crippen LogP contribution in [0.5, 0.6) is 0 Å². The van der Waals surface area contributed by atoms with E-state index in [2.05, 4.69) is 13.8 Å². The second-order valence-corrected chi connectivity index (χ2v) is 4.48. The van der Waals surface area contributed by atoms with Crippen molar-refractivity contribution in [1.82, 2.24) is 0 Å². The molecule has 0 bridgehead atoms. The fraction of sp³-hybridized carbons (Fsp3) is 0.800. The van der Waals surface area contributed by atoms with Gasteiger partial charge in [-0.1, -0.05) is 58.4 Å². The van der Waals surface area contributed by atoms with Gasteiger partial charge in [0.25, 0.3) is 0 Å². The van der Waals surface area contributed by atoms with Crippen molar-refractivity contribution in [1.29, 1.82) is 0 Å². The van der Waals surface area contributed by atoms with E-state index in [4.69, 9.17) is 4.74 Å². The molecule has 0 saturated carbocycles. The summed E-state index contributed by atoms with van der Waals surface area (Å²) in [6.45, 7) is 4.94. The largest absolute Gasteiger partial charge is 0.463 e. The molecule has 0 heterocycles. The highest BCUT2D eigenvalue weighted by molar-refractivity contribution is 5.81. The van der Waals surface area contributed by atoms with Gasteiger partial charge in [-0.05, 0) is 19.3 Å². The van der Waals surface area contributed by atoms with E-state index >= 15 is 0 Å². The first-order chi connectivity index (χ1) is 8.31. The molecule has 0 spiro atoms. The van der Waals surface area contributed by atoms with E-state index in [1.807, 2.05) is 6.08 Å². The van der Waals surface area contributed by atoms with Crippen molar-refractivity contribution in [3.05, 3.63) is 12.2 Å². The van der Waals surface area contributed by atoms with E-state index in [0.717, 1.165) is 19.3 Å². The minimum atomic E-state index is -0.183. The Kier molecular flexibility index (Phi) is 12.7. The zero-order valence-corrected chi connectivity index (χ0v) is 11.5. The Hall–Kier alpha value is -0.790. The standard InChI is InChI=1S/C15H28O2/c1-3-5-7-9-10-11-13-15(16)17-14-12-8-6-4-2/h11,13H,3-10,12,14H2,1-2H3. The van der Waals surface area contributed by atoms with Crippen LogP contribution in [0.2, 0.25) is 0 Å². The molecule has 0 radical (unpaired) electrons. The zero-order valence-electron chi connectivity index (χ0n) is 11.5. The van der Waals surface area contributed by atoms with Crippen LogP contribution in [0.1, 0.15) is 71.6 Å². The summed E-state index contributed by atoms with van der Waals surface area (Å²) in [7, 11) is 0. The van der Waals surface area contributed by atoms with Crippen molar-refractivity contribution in [2.24, 2.45) is 0 Å². The minimum Gasteiger partial charge on any atom is -0.463 e. The van der Waals surface area contributed by atoms with Crippen molar-refractivity contribution in [2.45, 2.75) is 71.6 Å². The summed E-state index contributed by atoms with van der Waals surface area (Å²) in [5, 5.41) is 0. The highest BCUT2D eigenvalue weighted by atomic mass is 16.5. The van der Waals surface area contributed by atoms with Crippen LogP contribution in [-0.2, 0) is 9.53 Å². The molecule has 2 heteroatoms. The van der Waals surface area contributed by atoms with E-state index in [-0.39, 0.29) is 5.97 Å². The Balaban J connectivity index is 3.29. The lowest BCUT2D eigenvalue weighted by molar-refractivity contribution is -0.137. The second-order valence-electron chi connectivity index (χ2n) is 4.48. The van der Waals surface area contributed by atoms with Gasteiger partial charge in [0.05, 0.1) is 6.61 Å². The van der Waals surface area contributed by atoms with Gasteiger partial charge in [-0.25, -0.2) is 4.79 Å². The number of allylic oxidation sites excluding steroid dienone is 1. The lowest BCUT2D eigenvalue weighted by Gasteiger charge is -2.01. The molecule has 0 saturated heterocycles. The first-order valence-corrected chi connectivity index (χ1v) is 7.14. The van der Waals surface area contributed by atoms with Crippen LogP contribution in [0.4, 0.5) is 0 Å². The number of rotatable bonds is 11. The number of ether oxygens (including phenoxy) is 1. The number of carbonyl (C=O) groups excluding carboxylic acids is 1. The summed E-state index contributed by atoms with van der Waals surface area (Å²) in [6.07, 6.45) is 14.1. The van der Waals surface area contributed by atoms with Crippen molar-refractivity contribution in [2.75, 3.05) is 6.61 Å². The molecule has 0 N–H and O–H groups in total. The summed E-state index contributed by atoms with van der Waals surface area (Å²) >= 11 is 0. The van der Waals surface area contributed by atoms with Crippen molar-refractivity contribution in [3.8, 4) is 0 Å². The van der Waals surface area contributed by atoms with Crippen LogP contribution in [0, 0.1) is 0 Å². The van der Waals surface area contributed by atoms with Gasteiger partial charge in [0.15, 0.2) is 0 Å². The monoisotopic (exact) mass is 240 g/mol. The molecule has 0 fully saturated rings. The van der Waals surface area contributed by atoms with Crippen LogP contribution in [0.25, 0.3) is 0 Å². The third kappa shape index (κ3) is 13.1. The highest BCUT2D eigenvalue weighted by Gasteiger charge is 1.95. The molecule has 0 aromatic heterocycles. The Morgan fingerprint density at radius 2 is 1.59 bits per heavy atom. The van der Waals surface area contributed by atoms with Crippen LogP contribution in [0.3, 0.4) is 0 Å². The molecular weight excluding hydrogens is 212 g/mol. The third-order valence-electron chi connectivity index (χ3n) is 2.72. The molecule has 0 aliphatic carbocycles. The van der Waals surface area contributed by atoms with Gasteiger partial charge in [0.2, 0.25) is 0 Å². The summed E-state index contributed by atoms with van der Waals surface area (Å²) < 4.78 is 5.09. The highest BCUT2D eigenvalue weighted by Crippen LogP contribution is 2.03. The van der Waals surface area contributed by atoms with Crippen LogP contribution >= 0.6 is 0 Å². The first-order valence-electron chi connectivity index (χ1n) is 7.14. The van der Waals surface area contributed by atoms with E-state index in [9.17, 15) is 4.79 Å². The molecule has 0 aromatic rings. The molecule has 2 nitrogen and oxygen atoms in total. The molecule has 0 aromatic carbocycles. The predicted molar refractivity (Wildman–Crippen MR) is 73.0 cm³/mol. The number of unbranched alkanes of at least 4 members (excludes halogenated alkanes) is 7. The van der Waals surface area contributed by atoms with Gasteiger partial charge in [0, 0.05) is 6.08 Å². The van der Waals surface area contributed by atoms with Gasteiger partial charge in [0.1, 0.15) is 0 Å². The van der Waals surface area contributed by atoms with E-state index < -0.39 is 0 Å². The van der Waals surface area contributed by atoms with Crippen molar-refractivity contribution in [3.63, 3.8) is 0 Å². The lowest BCUT2D eigenvalue weighted by atomic mass is 10.1. The Labute approximate surface area is 106 Å². The number of esters is 1. The summed E-state index contributed by atoms with van der Waals surface area (Å²) in [5.74, 6) is -0.183. The summed E-state index contributed by atoms with van der Waals surface area (Å²) in [4.78, 5) is 11.3. The molecule has 0 atom stereocenters. The van der Waals surface area contributed by atoms with E-state index in [0.29, 0.717) is 6.61 Å². The maximum atomic E-state index is 11.3. The Morgan fingerprint density at radius 1 is 0.941 bits per heavy atom. The Morgan fingerprint density at radius 3 is 2.24 bits per heavy atom.